The summed E-state index contributed by atoms with van der Waals surface area (Å²) < 4.78 is 4.87. The SMILES string of the molecule is CCCCCCCCCCCC(=O)OCC(CO)N=O. The minimum atomic E-state index is -0.831. The molecule has 0 aliphatic heterocycles. The maximum atomic E-state index is 11.3. The number of nitroso groups, excluding NO2 is 1. The minimum Gasteiger partial charge on any atom is -0.463 e. The van der Waals surface area contributed by atoms with Gasteiger partial charge in [-0.3, -0.25) is 4.79 Å². The standard InChI is InChI=1S/C15H29NO4/c1-2-3-4-5-6-7-8-9-10-11-15(18)20-13-14(12-17)16-19/h14,17H,2-13H2,1H3. The quantitative estimate of drug-likeness (QED) is 0.301. The first kappa shape index (κ1) is 19.0. The van der Waals surface area contributed by atoms with Gasteiger partial charge in [0.05, 0.1) is 6.61 Å². The van der Waals surface area contributed by atoms with E-state index in [2.05, 4.69) is 12.1 Å². The summed E-state index contributed by atoms with van der Waals surface area (Å²) in [5.41, 5.74) is 0. The summed E-state index contributed by atoms with van der Waals surface area (Å²) in [5.74, 6) is -0.310. The van der Waals surface area contributed by atoms with Gasteiger partial charge >= 0.3 is 5.97 Å². The monoisotopic (exact) mass is 287 g/mol. The second kappa shape index (κ2) is 14.4. The summed E-state index contributed by atoms with van der Waals surface area (Å²) in [6, 6.07) is -0.831. The van der Waals surface area contributed by atoms with Gasteiger partial charge in [-0.05, 0) is 6.42 Å². The summed E-state index contributed by atoms with van der Waals surface area (Å²) in [7, 11) is 0. The van der Waals surface area contributed by atoms with Crippen LogP contribution < -0.4 is 0 Å². The zero-order valence-electron chi connectivity index (χ0n) is 12.7. The third kappa shape index (κ3) is 12.1. The van der Waals surface area contributed by atoms with Crippen LogP contribution in [-0.4, -0.2) is 30.3 Å². The topological polar surface area (TPSA) is 76.0 Å². The Labute approximate surface area is 122 Å². The van der Waals surface area contributed by atoms with E-state index in [-0.39, 0.29) is 19.2 Å². The van der Waals surface area contributed by atoms with Gasteiger partial charge < -0.3 is 9.84 Å². The molecule has 0 saturated carbocycles. The Hall–Kier alpha value is -0.970. The Morgan fingerprint density at radius 3 is 2.10 bits per heavy atom. The Morgan fingerprint density at radius 2 is 1.60 bits per heavy atom. The van der Waals surface area contributed by atoms with E-state index in [0.717, 1.165) is 19.3 Å². The molecule has 0 aliphatic rings. The Kier molecular flexibility index (Phi) is 13.7. The Morgan fingerprint density at radius 1 is 1.05 bits per heavy atom. The van der Waals surface area contributed by atoms with Crippen molar-refractivity contribution < 1.29 is 14.6 Å². The molecule has 0 spiro atoms. The van der Waals surface area contributed by atoms with Crippen LogP contribution in [0.5, 0.6) is 0 Å². The van der Waals surface area contributed by atoms with Crippen molar-refractivity contribution in [3.8, 4) is 0 Å². The average molecular weight is 287 g/mol. The fourth-order valence-electron chi connectivity index (χ4n) is 1.96. The lowest BCUT2D eigenvalue weighted by Gasteiger charge is -2.07. The maximum absolute atomic E-state index is 11.3. The van der Waals surface area contributed by atoms with Gasteiger partial charge in [-0.2, -0.15) is 4.91 Å². The van der Waals surface area contributed by atoms with Crippen LogP contribution in [0.4, 0.5) is 0 Å². The summed E-state index contributed by atoms with van der Waals surface area (Å²) in [6.45, 7) is 1.72. The van der Waals surface area contributed by atoms with Crippen LogP contribution in [0.25, 0.3) is 0 Å². The fourth-order valence-corrected chi connectivity index (χ4v) is 1.96. The van der Waals surface area contributed by atoms with Crippen LogP contribution >= 0.6 is 0 Å². The highest BCUT2D eigenvalue weighted by molar-refractivity contribution is 5.69. The molecule has 0 aromatic heterocycles. The lowest BCUT2D eigenvalue weighted by Crippen LogP contribution is -2.20. The van der Waals surface area contributed by atoms with E-state index in [9.17, 15) is 9.70 Å². The van der Waals surface area contributed by atoms with Crippen LogP contribution in [0.1, 0.15) is 71.1 Å². The smallest absolute Gasteiger partial charge is 0.305 e. The van der Waals surface area contributed by atoms with E-state index in [0.29, 0.717) is 6.42 Å². The first-order valence-electron chi connectivity index (χ1n) is 7.83. The second-order valence-corrected chi connectivity index (χ2v) is 5.20. The number of aliphatic hydroxyl groups excluding tert-OH is 1. The second-order valence-electron chi connectivity index (χ2n) is 5.20. The van der Waals surface area contributed by atoms with Crippen LogP contribution in [0.2, 0.25) is 0 Å². The molecule has 20 heavy (non-hydrogen) atoms. The lowest BCUT2D eigenvalue weighted by atomic mass is 10.1. The van der Waals surface area contributed by atoms with Crippen molar-refractivity contribution in [2.45, 2.75) is 77.2 Å². The highest BCUT2D eigenvalue weighted by Gasteiger charge is 2.10. The van der Waals surface area contributed by atoms with Crippen LogP contribution in [0.15, 0.2) is 5.18 Å². The molecule has 0 bridgehead atoms. The van der Waals surface area contributed by atoms with Crippen molar-refractivity contribution in [1.82, 2.24) is 0 Å². The van der Waals surface area contributed by atoms with Gasteiger partial charge in [0.1, 0.15) is 12.6 Å². The van der Waals surface area contributed by atoms with E-state index in [1.165, 1.54) is 38.5 Å². The third-order valence-electron chi connectivity index (χ3n) is 3.28. The van der Waals surface area contributed by atoms with E-state index >= 15 is 0 Å². The van der Waals surface area contributed by atoms with Gasteiger partial charge in [0.15, 0.2) is 0 Å². The van der Waals surface area contributed by atoms with Crippen molar-refractivity contribution in [1.29, 1.82) is 0 Å². The molecule has 0 heterocycles. The number of carbonyl (C=O) groups excluding carboxylic acids is 1. The first-order valence-corrected chi connectivity index (χ1v) is 7.83. The average Bonchev–Trinajstić information content (AvgIpc) is 2.46. The molecule has 5 heteroatoms. The van der Waals surface area contributed by atoms with Crippen LogP contribution in [0, 0.1) is 4.91 Å². The number of nitrogens with zero attached hydrogens (tertiary/aromatic N) is 1. The molecule has 0 fully saturated rings. The van der Waals surface area contributed by atoms with Crippen LogP contribution in [-0.2, 0) is 9.53 Å². The van der Waals surface area contributed by atoms with Crippen molar-refractivity contribution in [2.24, 2.45) is 5.18 Å². The summed E-state index contributed by atoms with van der Waals surface area (Å²) in [5, 5.41) is 11.4. The summed E-state index contributed by atoms with van der Waals surface area (Å²) >= 11 is 0. The highest BCUT2D eigenvalue weighted by atomic mass is 16.5. The molecule has 0 aromatic rings. The molecule has 0 amide bonds. The largest absolute Gasteiger partial charge is 0.463 e. The van der Waals surface area contributed by atoms with E-state index in [4.69, 9.17) is 9.84 Å². The number of aliphatic hydroxyl groups is 1. The van der Waals surface area contributed by atoms with Crippen molar-refractivity contribution in [3.63, 3.8) is 0 Å². The van der Waals surface area contributed by atoms with E-state index in [1.807, 2.05) is 0 Å². The number of hydrogen-bond acceptors (Lipinski definition) is 5. The van der Waals surface area contributed by atoms with Gasteiger partial charge in [-0.1, -0.05) is 63.5 Å². The van der Waals surface area contributed by atoms with Gasteiger partial charge in [0, 0.05) is 6.42 Å². The molecular formula is C15H29NO4. The fraction of sp³-hybridized carbons (Fsp3) is 0.933. The van der Waals surface area contributed by atoms with Crippen molar-refractivity contribution in [2.75, 3.05) is 13.2 Å². The molecule has 1 unspecified atom stereocenters. The van der Waals surface area contributed by atoms with Gasteiger partial charge in [0.2, 0.25) is 0 Å². The van der Waals surface area contributed by atoms with E-state index < -0.39 is 6.04 Å². The molecule has 118 valence electrons. The van der Waals surface area contributed by atoms with Crippen molar-refractivity contribution >= 4 is 5.97 Å². The van der Waals surface area contributed by atoms with Gasteiger partial charge in [-0.25, -0.2) is 0 Å². The zero-order chi connectivity index (χ0) is 15.1. The Bertz CT molecular complexity index is 246. The molecule has 1 N–H and O–H groups in total. The minimum absolute atomic E-state index is 0.115. The molecular weight excluding hydrogens is 258 g/mol. The molecule has 0 aliphatic carbocycles. The van der Waals surface area contributed by atoms with E-state index in [1.54, 1.807) is 0 Å². The lowest BCUT2D eigenvalue weighted by molar-refractivity contribution is -0.144. The molecule has 0 radical (unpaired) electrons. The van der Waals surface area contributed by atoms with Gasteiger partial charge in [-0.15, -0.1) is 0 Å². The summed E-state index contributed by atoms with van der Waals surface area (Å²) in [6.07, 6.45) is 11.2. The maximum Gasteiger partial charge on any atom is 0.305 e. The van der Waals surface area contributed by atoms with Crippen LogP contribution in [0.3, 0.4) is 0 Å². The predicted octanol–water partition coefficient (Wildman–Crippen LogP) is 3.58. The molecule has 0 saturated heterocycles. The number of rotatable bonds is 14. The molecule has 5 nitrogen and oxygen atoms in total. The normalized spacial score (nSPS) is 12.1. The summed E-state index contributed by atoms with van der Waals surface area (Å²) in [4.78, 5) is 21.5. The zero-order valence-corrected chi connectivity index (χ0v) is 12.7. The number of carbonyl (C=O) groups is 1. The van der Waals surface area contributed by atoms with Gasteiger partial charge in [0.25, 0.3) is 0 Å². The van der Waals surface area contributed by atoms with Crippen molar-refractivity contribution in [3.05, 3.63) is 4.91 Å². The molecule has 0 aromatic carbocycles. The predicted molar refractivity (Wildman–Crippen MR) is 79.5 cm³/mol. The number of hydrogen-bond donors (Lipinski definition) is 1. The third-order valence-corrected chi connectivity index (χ3v) is 3.28. The molecule has 1 atom stereocenters. The number of unbranched alkanes of at least 4 members (excludes halogenated alkanes) is 8. The number of ether oxygens (including phenoxy) is 1. The first-order chi connectivity index (χ1) is 9.74. The molecule has 0 rings (SSSR count). The number of esters is 1. The highest BCUT2D eigenvalue weighted by Crippen LogP contribution is 2.10. The Balaban J connectivity index is 3.29.